The maximum atomic E-state index is 12.9. The molecule has 0 radical (unpaired) electrons. The quantitative estimate of drug-likeness (QED) is 0.767. The van der Waals surface area contributed by atoms with E-state index in [1.54, 1.807) is 19.9 Å². The summed E-state index contributed by atoms with van der Waals surface area (Å²) in [6.07, 6.45) is 0.391. The number of aliphatic carboxylic acids is 1. The smallest absolute Gasteiger partial charge is 0.319 e. The SMILES string of the molecule is CCC(C)(CNC(=O)Nc1cccc(F)c1)C(=O)O. The molecule has 2 amide bonds. The summed E-state index contributed by atoms with van der Waals surface area (Å²) in [7, 11) is 0. The predicted molar refractivity (Wildman–Crippen MR) is 69.5 cm³/mol. The number of halogens is 1. The van der Waals surface area contributed by atoms with Crippen molar-refractivity contribution in [2.45, 2.75) is 20.3 Å². The van der Waals surface area contributed by atoms with Gasteiger partial charge in [0.05, 0.1) is 5.41 Å². The van der Waals surface area contributed by atoms with E-state index in [4.69, 9.17) is 5.11 Å². The Morgan fingerprint density at radius 2 is 2.11 bits per heavy atom. The van der Waals surface area contributed by atoms with Crippen molar-refractivity contribution in [1.29, 1.82) is 0 Å². The van der Waals surface area contributed by atoms with Crippen LogP contribution in [0.5, 0.6) is 0 Å². The molecule has 19 heavy (non-hydrogen) atoms. The summed E-state index contributed by atoms with van der Waals surface area (Å²) in [6, 6.07) is 4.89. The maximum absolute atomic E-state index is 12.9. The second-order valence-electron chi connectivity index (χ2n) is 4.54. The molecule has 1 atom stereocenters. The van der Waals surface area contributed by atoms with Crippen molar-refractivity contribution in [2.24, 2.45) is 5.41 Å². The van der Waals surface area contributed by atoms with Crippen molar-refractivity contribution < 1.29 is 19.1 Å². The molecule has 0 saturated heterocycles. The summed E-state index contributed by atoms with van der Waals surface area (Å²) < 4.78 is 12.9. The molecule has 0 aliphatic carbocycles. The first kappa shape index (κ1) is 14.9. The molecule has 0 heterocycles. The average molecular weight is 268 g/mol. The van der Waals surface area contributed by atoms with Crippen LogP contribution < -0.4 is 10.6 Å². The first-order valence-electron chi connectivity index (χ1n) is 5.91. The minimum absolute atomic E-state index is 0.0000175. The predicted octanol–water partition coefficient (Wildman–Crippen LogP) is 2.45. The molecule has 0 fully saturated rings. The van der Waals surface area contributed by atoms with E-state index in [9.17, 15) is 14.0 Å². The molecular weight excluding hydrogens is 251 g/mol. The van der Waals surface area contributed by atoms with Gasteiger partial charge in [-0.25, -0.2) is 9.18 Å². The normalized spacial score (nSPS) is 13.4. The molecule has 104 valence electrons. The van der Waals surface area contributed by atoms with Crippen LogP contribution in [0.2, 0.25) is 0 Å². The molecule has 0 bridgehead atoms. The lowest BCUT2D eigenvalue weighted by Crippen LogP contribution is -2.42. The fourth-order valence-corrected chi connectivity index (χ4v) is 1.37. The van der Waals surface area contributed by atoms with Crippen LogP contribution in [0.4, 0.5) is 14.9 Å². The number of hydrogen-bond donors (Lipinski definition) is 3. The Kier molecular flexibility index (Phi) is 4.86. The lowest BCUT2D eigenvalue weighted by Gasteiger charge is -2.23. The highest BCUT2D eigenvalue weighted by Crippen LogP contribution is 2.19. The van der Waals surface area contributed by atoms with Crippen molar-refractivity contribution in [1.82, 2.24) is 5.32 Å². The van der Waals surface area contributed by atoms with Crippen molar-refractivity contribution in [3.8, 4) is 0 Å². The zero-order valence-corrected chi connectivity index (χ0v) is 10.9. The Morgan fingerprint density at radius 3 is 2.63 bits per heavy atom. The molecule has 1 aromatic rings. The fraction of sp³-hybridized carbons (Fsp3) is 0.385. The second-order valence-corrected chi connectivity index (χ2v) is 4.54. The van der Waals surface area contributed by atoms with Crippen LogP contribution >= 0.6 is 0 Å². The number of carbonyl (C=O) groups excluding carboxylic acids is 1. The van der Waals surface area contributed by atoms with Gasteiger partial charge in [0.2, 0.25) is 0 Å². The summed E-state index contributed by atoms with van der Waals surface area (Å²) in [5.41, 5.74) is -0.703. The highest BCUT2D eigenvalue weighted by atomic mass is 19.1. The Morgan fingerprint density at radius 1 is 1.42 bits per heavy atom. The monoisotopic (exact) mass is 268 g/mol. The number of carboxylic acids is 1. The van der Waals surface area contributed by atoms with Gasteiger partial charge < -0.3 is 15.7 Å². The van der Waals surface area contributed by atoms with Crippen molar-refractivity contribution >= 4 is 17.7 Å². The zero-order chi connectivity index (χ0) is 14.5. The van der Waals surface area contributed by atoms with Gasteiger partial charge in [-0.15, -0.1) is 0 Å². The van der Waals surface area contributed by atoms with Gasteiger partial charge >= 0.3 is 12.0 Å². The van der Waals surface area contributed by atoms with Gasteiger partial charge in [-0.05, 0) is 31.5 Å². The number of rotatable bonds is 5. The minimum atomic E-state index is -1.01. The first-order chi connectivity index (χ1) is 8.87. The summed E-state index contributed by atoms with van der Waals surface area (Å²) in [4.78, 5) is 22.6. The number of amides is 2. The molecule has 0 aliphatic rings. The topological polar surface area (TPSA) is 78.4 Å². The van der Waals surface area contributed by atoms with E-state index < -0.39 is 23.2 Å². The van der Waals surface area contributed by atoms with Crippen LogP contribution in [0.15, 0.2) is 24.3 Å². The van der Waals surface area contributed by atoms with Crippen LogP contribution in [-0.4, -0.2) is 23.7 Å². The fourth-order valence-electron chi connectivity index (χ4n) is 1.37. The number of hydrogen-bond acceptors (Lipinski definition) is 2. The number of anilines is 1. The molecule has 3 N–H and O–H groups in total. The largest absolute Gasteiger partial charge is 0.481 e. The molecule has 0 spiro atoms. The van der Waals surface area contributed by atoms with Crippen molar-refractivity contribution in [3.63, 3.8) is 0 Å². The third-order valence-electron chi connectivity index (χ3n) is 3.02. The van der Waals surface area contributed by atoms with Crippen LogP contribution in [0, 0.1) is 11.2 Å². The molecule has 6 heteroatoms. The van der Waals surface area contributed by atoms with Crippen LogP contribution in [0.1, 0.15) is 20.3 Å². The lowest BCUT2D eigenvalue weighted by molar-refractivity contribution is -0.147. The molecule has 5 nitrogen and oxygen atoms in total. The Labute approximate surface area is 110 Å². The molecule has 1 unspecified atom stereocenters. The Bertz CT molecular complexity index is 479. The van der Waals surface area contributed by atoms with Gasteiger partial charge in [0.1, 0.15) is 5.82 Å². The highest BCUT2D eigenvalue weighted by Gasteiger charge is 2.31. The Hall–Kier alpha value is -2.11. The highest BCUT2D eigenvalue weighted by molar-refractivity contribution is 5.89. The molecule has 0 aromatic heterocycles. The standard InChI is InChI=1S/C13H17FN2O3/c1-3-13(2,11(17)18)8-15-12(19)16-10-6-4-5-9(14)7-10/h4-7H,3,8H2,1-2H3,(H,17,18)(H2,15,16,19). The van der Waals surface area contributed by atoms with E-state index in [2.05, 4.69) is 10.6 Å². The summed E-state index contributed by atoms with van der Waals surface area (Å²) in [5, 5.41) is 14.0. The van der Waals surface area contributed by atoms with Crippen molar-refractivity contribution in [2.75, 3.05) is 11.9 Å². The molecule has 1 aromatic carbocycles. The summed E-state index contributed by atoms with van der Waals surface area (Å²) in [5.74, 6) is -1.43. The third kappa shape index (κ3) is 4.24. The van der Waals surface area contributed by atoms with Gasteiger partial charge in [0.15, 0.2) is 0 Å². The summed E-state index contributed by atoms with van der Waals surface area (Å²) >= 11 is 0. The van der Waals surface area contributed by atoms with Gasteiger partial charge in [-0.3, -0.25) is 4.79 Å². The molecular formula is C13H17FN2O3. The number of benzene rings is 1. The van der Waals surface area contributed by atoms with Crippen LogP contribution in [0.3, 0.4) is 0 Å². The summed E-state index contributed by atoms with van der Waals surface area (Å²) in [6.45, 7) is 3.29. The maximum Gasteiger partial charge on any atom is 0.319 e. The van der Waals surface area contributed by atoms with Crippen LogP contribution in [0.25, 0.3) is 0 Å². The molecule has 0 aliphatic heterocycles. The third-order valence-corrected chi connectivity index (χ3v) is 3.02. The lowest BCUT2D eigenvalue weighted by atomic mass is 9.88. The van der Waals surface area contributed by atoms with Gasteiger partial charge in [-0.2, -0.15) is 0 Å². The zero-order valence-electron chi connectivity index (χ0n) is 10.9. The number of carboxylic acid groups (broad SMARTS) is 1. The van der Waals surface area contributed by atoms with Crippen LogP contribution in [-0.2, 0) is 4.79 Å². The van der Waals surface area contributed by atoms with E-state index in [0.717, 1.165) is 0 Å². The van der Waals surface area contributed by atoms with Gasteiger partial charge in [0.25, 0.3) is 0 Å². The number of carbonyl (C=O) groups is 2. The Balaban J connectivity index is 2.55. The van der Waals surface area contributed by atoms with E-state index in [-0.39, 0.29) is 6.54 Å². The minimum Gasteiger partial charge on any atom is -0.481 e. The van der Waals surface area contributed by atoms with E-state index in [0.29, 0.717) is 12.1 Å². The number of nitrogens with one attached hydrogen (secondary N) is 2. The second kappa shape index (κ2) is 6.17. The molecule has 1 rings (SSSR count). The first-order valence-corrected chi connectivity index (χ1v) is 5.91. The number of urea groups is 1. The van der Waals surface area contributed by atoms with E-state index in [1.165, 1.54) is 18.2 Å². The van der Waals surface area contributed by atoms with E-state index in [1.807, 2.05) is 0 Å². The van der Waals surface area contributed by atoms with Crippen molar-refractivity contribution in [3.05, 3.63) is 30.1 Å². The van der Waals surface area contributed by atoms with E-state index >= 15 is 0 Å². The van der Waals surface area contributed by atoms with Gasteiger partial charge in [0, 0.05) is 12.2 Å². The average Bonchev–Trinajstić information content (AvgIpc) is 2.35. The molecule has 0 saturated carbocycles. The van der Waals surface area contributed by atoms with Gasteiger partial charge in [-0.1, -0.05) is 13.0 Å².